The third-order valence-corrected chi connectivity index (χ3v) is 1.77. The summed E-state index contributed by atoms with van der Waals surface area (Å²) in [5, 5.41) is 8.51. The van der Waals surface area contributed by atoms with Crippen molar-refractivity contribution in [2.24, 2.45) is 0 Å². The summed E-state index contributed by atoms with van der Waals surface area (Å²) < 4.78 is 13.2. The molecule has 0 bridgehead atoms. The Balaban J connectivity index is 3.42. The zero-order valence-corrected chi connectivity index (χ0v) is 7.39. The van der Waals surface area contributed by atoms with E-state index < -0.39 is 5.82 Å². The topological polar surface area (TPSA) is 40.9 Å². The Morgan fingerprint density at radius 1 is 1.54 bits per heavy atom. The van der Waals surface area contributed by atoms with E-state index in [2.05, 4.69) is 0 Å². The third kappa shape index (κ3) is 1.73. The Hall–Kier alpha value is -1.69. The van der Waals surface area contributed by atoms with E-state index in [4.69, 9.17) is 5.26 Å². The molecule has 0 aliphatic heterocycles. The van der Waals surface area contributed by atoms with E-state index in [1.54, 1.807) is 6.92 Å². The molecule has 0 N–H and O–H groups in total. The molecule has 1 aromatic rings. The number of nitrogens with zero attached hydrogens (tertiary/aromatic N) is 1. The molecule has 0 amide bonds. The average Bonchev–Trinajstić information content (AvgIpc) is 2.02. The summed E-state index contributed by atoms with van der Waals surface area (Å²) in [4.78, 5) is 11.0. The first-order valence-corrected chi connectivity index (χ1v) is 3.77. The van der Waals surface area contributed by atoms with Gasteiger partial charge in [-0.2, -0.15) is 5.26 Å². The van der Waals surface area contributed by atoms with Gasteiger partial charge in [-0.3, -0.25) is 4.79 Å². The first-order valence-electron chi connectivity index (χ1n) is 3.77. The lowest BCUT2D eigenvalue weighted by Crippen LogP contribution is -2.01. The summed E-state index contributed by atoms with van der Waals surface area (Å²) in [6, 6.07) is 4.40. The minimum atomic E-state index is -0.621. The molecular weight excluding hydrogens is 169 g/mol. The van der Waals surface area contributed by atoms with Gasteiger partial charge in [-0.15, -0.1) is 0 Å². The van der Waals surface area contributed by atoms with Crippen molar-refractivity contribution in [2.45, 2.75) is 13.8 Å². The fourth-order valence-electron chi connectivity index (χ4n) is 1.25. The number of hydrogen-bond acceptors (Lipinski definition) is 2. The molecule has 0 atom stereocenters. The number of rotatable bonds is 1. The zero-order valence-electron chi connectivity index (χ0n) is 7.39. The Kier molecular flexibility index (Phi) is 2.43. The normalized spacial score (nSPS) is 9.38. The number of hydrogen-bond donors (Lipinski definition) is 0. The van der Waals surface area contributed by atoms with Crippen molar-refractivity contribution in [3.63, 3.8) is 0 Å². The van der Waals surface area contributed by atoms with E-state index >= 15 is 0 Å². The molecule has 0 aliphatic carbocycles. The van der Waals surface area contributed by atoms with Gasteiger partial charge < -0.3 is 0 Å². The molecule has 1 rings (SSSR count). The molecule has 66 valence electrons. The Morgan fingerprint density at radius 2 is 2.15 bits per heavy atom. The molecule has 13 heavy (non-hydrogen) atoms. The summed E-state index contributed by atoms with van der Waals surface area (Å²) in [6.07, 6.45) is 0. The number of benzene rings is 1. The number of Topliss-reactive ketones (excluding diaryl/α,β-unsaturated/α-hetero) is 1. The maximum absolute atomic E-state index is 13.2. The fraction of sp³-hybridized carbons (Fsp3) is 0.200. The van der Waals surface area contributed by atoms with Crippen LogP contribution in [-0.4, -0.2) is 5.78 Å². The largest absolute Gasteiger partial charge is 0.294 e. The minimum Gasteiger partial charge on any atom is -0.294 e. The van der Waals surface area contributed by atoms with E-state index in [-0.39, 0.29) is 16.9 Å². The number of carbonyl (C=O) groups excluding carboxylic acids is 1. The van der Waals surface area contributed by atoms with Gasteiger partial charge in [0.25, 0.3) is 0 Å². The first kappa shape index (κ1) is 9.40. The molecule has 0 aromatic heterocycles. The van der Waals surface area contributed by atoms with Crippen LogP contribution in [0.15, 0.2) is 12.1 Å². The number of halogens is 1. The van der Waals surface area contributed by atoms with Crippen molar-refractivity contribution in [2.75, 3.05) is 0 Å². The second kappa shape index (κ2) is 3.36. The molecule has 0 fully saturated rings. The maximum Gasteiger partial charge on any atom is 0.163 e. The van der Waals surface area contributed by atoms with Gasteiger partial charge in [-0.05, 0) is 31.5 Å². The van der Waals surface area contributed by atoms with Crippen LogP contribution in [0.4, 0.5) is 4.39 Å². The monoisotopic (exact) mass is 177 g/mol. The Morgan fingerprint density at radius 3 is 2.54 bits per heavy atom. The van der Waals surface area contributed by atoms with Crippen LogP contribution in [0.2, 0.25) is 0 Å². The number of ketones is 1. The lowest BCUT2D eigenvalue weighted by molar-refractivity contribution is 0.101. The number of carbonyl (C=O) groups is 1. The molecule has 0 saturated heterocycles. The smallest absolute Gasteiger partial charge is 0.163 e. The highest BCUT2D eigenvalue weighted by Gasteiger charge is 2.11. The van der Waals surface area contributed by atoms with E-state index in [9.17, 15) is 9.18 Å². The van der Waals surface area contributed by atoms with E-state index in [1.165, 1.54) is 13.0 Å². The molecule has 3 heteroatoms. The first-order chi connectivity index (χ1) is 6.06. The van der Waals surface area contributed by atoms with Gasteiger partial charge >= 0.3 is 0 Å². The quantitative estimate of drug-likeness (QED) is 0.617. The molecule has 0 heterocycles. The highest BCUT2D eigenvalue weighted by atomic mass is 19.1. The second-order valence-corrected chi connectivity index (χ2v) is 2.82. The van der Waals surface area contributed by atoms with E-state index in [0.717, 1.165) is 6.07 Å². The van der Waals surface area contributed by atoms with Crippen molar-refractivity contribution in [3.8, 4) is 6.07 Å². The highest BCUT2D eigenvalue weighted by Crippen LogP contribution is 2.15. The molecule has 0 unspecified atom stereocenters. The van der Waals surface area contributed by atoms with Gasteiger partial charge in [0.15, 0.2) is 5.78 Å². The molecule has 0 spiro atoms. The van der Waals surface area contributed by atoms with E-state index in [0.29, 0.717) is 5.56 Å². The summed E-state index contributed by atoms with van der Waals surface area (Å²) >= 11 is 0. The summed E-state index contributed by atoms with van der Waals surface area (Å²) in [5.74, 6) is -0.941. The molecule has 0 saturated carbocycles. The van der Waals surface area contributed by atoms with Gasteiger partial charge in [-0.25, -0.2) is 4.39 Å². The molecule has 1 aromatic carbocycles. The van der Waals surface area contributed by atoms with Crippen LogP contribution in [0, 0.1) is 24.1 Å². The van der Waals surface area contributed by atoms with Crippen LogP contribution in [0.25, 0.3) is 0 Å². The molecule has 0 aliphatic rings. The molecule has 2 nitrogen and oxygen atoms in total. The Labute approximate surface area is 75.6 Å². The lowest BCUT2D eigenvalue weighted by atomic mass is 10.0. The van der Waals surface area contributed by atoms with Gasteiger partial charge in [0.1, 0.15) is 5.82 Å². The minimum absolute atomic E-state index is 0.0685. The predicted molar refractivity (Wildman–Crippen MR) is 45.9 cm³/mol. The van der Waals surface area contributed by atoms with Crippen LogP contribution in [0.1, 0.15) is 28.4 Å². The summed E-state index contributed by atoms with van der Waals surface area (Å²) in [6.45, 7) is 2.91. The van der Waals surface area contributed by atoms with E-state index in [1.807, 2.05) is 6.07 Å². The fourth-order valence-corrected chi connectivity index (χ4v) is 1.25. The molecular formula is C10H8FNO. The van der Waals surface area contributed by atoms with Gasteiger partial charge in [0.2, 0.25) is 0 Å². The Bertz CT molecular complexity index is 381. The van der Waals surface area contributed by atoms with Crippen molar-refractivity contribution in [3.05, 3.63) is 34.6 Å². The van der Waals surface area contributed by atoms with Crippen molar-refractivity contribution < 1.29 is 9.18 Å². The summed E-state index contributed by atoms with van der Waals surface area (Å²) in [5.41, 5.74) is 0.808. The van der Waals surface area contributed by atoms with Crippen molar-refractivity contribution in [1.29, 1.82) is 5.26 Å². The van der Waals surface area contributed by atoms with Gasteiger partial charge in [0, 0.05) is 0 Å². The second-order valence-electron chi connectivity index (χ2n) is 2.82. The predicted octanol–water partition coefficient (Wildman–Crippen LogP) is 2.21. The van der Waals surface area contributed by atoms with Gasteiger partial charge in [-0.1, -0.05) is 0 Å². The average molecular weight is 177 g/mol. The number of nitriles is 1. The summed E-state index contributed by atoms with van der Waals surface area (Å²) in [7, 11) is 0. The number of aryl methyl sites for hydroxylation is 1. The molecule has 0 radical (unpaired) electrons. The van der Waals surface area contributed by atoms with Crippen LogP contribution in [0.3, 0.4) is 0 Å². The third-order valence-electron chi connectivity index (χ3n) is 1.77. The standard InChI is InChI=1S/C10H8FNO/c1-6-3-8(5-12)4-9(11)10(6)7(2)13/h3-4H,1-2H3. The van der Waals surface area contributed by atoms with Crippen LogP contribution >= 0.6 is 0 Å². The van der Waals surface area contributed by atoms with Gasteiger partial charge in [0.05, 0.1) is 17.2 Å². The van der Waals surface area contributed by atoms with Crippen molar-refractivity contribution in [1.82, 2.24) is 0 Å². The van der Waals surface area contributed by atoms with Crippen molar-refractivity contribution >= 4 is 5.78 Å². The maximum atomic E-state index is 13.2. The van der Waals surface area contributed by atoms with Crippen LogP contribution < -0.4 is 0 Å². The van der Waals surface area contributed by atoms with Crippen LogP contribution in [0.5, 0.6) is 0 Å². The highest BCUT2D eigenvalue weighted by molar-refractivity contribution is 5.95. The SMILES string of the molecule is CC(=O)c1c(C)cc(C#N)cc1F. The lowest BCUT2D eigenvalue weighted by Gasteiger charge is -2.03. The zero-order chi connectivity index (χ0) is 10.0. The van der Waals surface area contributed by atoms with Crippen LogP contribution in [-0.2, 0) is 0 Å².